The van der Waals surface area contributed by atoms with Crippen molar-refractivity contribution in [2.24, 2.45) is 0 Å². The van der Waals surface area contributed by atoms with Gasteiger partial charge >= 0.3 is 0 Å². The van der Waals surface area contributed by atoms with E-state index in [1.54, 1.807) is 25.3 Å². The minimum absolute atomic E-state index is 0.0104. The molecule has 128 valence electrons. The lowest BCUT2D eigenvalue weighted by Gasteiger charge is -2.14. The average molecular weight is 357 g/mol. The molecular weight excluding hydrogens is 341 g/mol. The van der Waals surface area contributed by atoms with Gasteiger partial charge in [-0.2, -0.15) is 0 Å². The van der Waals surface area contributed by atoms with Crippen molar-refractivity contribution in [3.63, 3.8) is 0 Å². The molecule has 0 fully saturated rings. The van der Waals surface area contributed by atoms with Gasteiger partial charge in [0, 0.05) is 5.56 Å². The van der Waals surface area contributed by atoms with Crippen molar-refractivity contribution in [1.82, 2.24) is 0 Å². The highest BCUT2D eigenvalue weighted by Gasteiger charge is 2.17. The summed E-state index contributed by atoms with van der Waals surface area (Å²) < 4.78 is 46.0. The molecule has 3 rings (SSSR count). The summed E-state index contributed by atoms with van der Waals surface area (Å²) in [4.78, 5) is -0.0104. The monoisotopic (exact) mass is 357 g/mol. The zero-order valence-corrected chi connectivity index (χ0v) is 14.3. The van der Waals surface area contributed by atoms with E-state index < -0.39 is 15.8 Å². The Labute approximate surface area is 146 Å². The van der Waals surface area contributed by atoms with Gasteiger partial charge in [0.25, 0.3) is 10.0 Å². The Hall–Kier alpha value is -2.86. The van der Waals surface area contributed by atoms with Gasteiger partial charge in [0.15, 0.2) is 0 Å². The highest BCUT2D eigenvalue weighted by Crippen LogP contribution is 2.33. The van der Waals surface area contributed by atoms with Gasteiger partial charge in [0.05, 0.1) is 17.7 Å². The van der Waals surface area contributed by atoms with Gasteiger partial charge < -0.3 is 4.74 Å². The molecule has 0 aliphatic heterocycles. The van der Waals surface area contributed by atoms with Crippen molar-refractivity contribution in [3.05, 3.63) is 78.6 Å². The number of anilines is 1. The summed E-state index contributed by atoms with van der Waals surface area (Å²) in [7, 11) is -2.29. The topological polar surface area (TPSA) is 55.4 Å². The lowest BCUT2D eigenvalue weighted by atomic mass is 10.0. The Morgan fingerprint density at radius 3 is 2.24 bits per heavy atom. The Morgan fingerprint density at radius 1 is 0.920 bits per heavy atom. The quantitative estimate of drug-likeness (QED) is 0.741. The molecule has 3 aromatic rings. The molecule has 0 aliphatic rings. The molecular formula is C19H16FNO3S. The Bertz CT molecular complexity index is 971. The Kier molecular flexibility index (Phi) is 4.72. The zero-order valence-electron chi connectivity index (χ0n) is 13.4. The molecule has 0 unspecified atom stereocenters. The minimum Gasteiger partial charge on any atom is -0.497 e. The van der Waals surface area contributed by atoms with Crippen LogP contribution in [0.1, 0.15) is 0 Å². The van der Waals surface area contributed by atoms with Crippen molar-refractivity contribution in [3.8, 4) is 16.9 Å². The van der Waals surface area contributed by atoms with Crippen molar-refractivity contribution in [1.29, 1.82) is 0 Å². The first kappa shape index (κ1) is 17.0. The molecule has 0 saturated heterocycles. The summed E-state index contributed by atoms with van der Waals surface area (Å²) in [5.41, 5.74) is 1.94. The van der Waals surface area contributed by atoms with Gasteiger partial charge in [-0.15, -0.1) is 0 Å². The van der Waals surface area contributed by atoms with E-state index in [1.807, 2.05) is 30.3 Å². The first-order chi connectivity index (χ1) is 12.0. The maximum Gasteiger partial charge on any atom is 0.261 e. The van der Waals surface area contributed by atoms with Gasteiger partial charge in [0.2, 0.25) is 0 Å². The maximum absolute atomic E-state index is 13.0. The van der Waals surface area contributed by atoms with Gasteiger partial charge in [-0.25, -0.2) is 12.8 Å². The van der Waals surface area contributed by atoms with E-state index in [9.17, 15) is 12.8 Å². The maximum atomic E-state index is 13.0. The zero-order chi connectivity index (χ0) is 17.9. The van der Waals surface area contributed by atoms with Gasteiger partial charge in [-0.05, 0) is 48.0 Å². The predicted molar refractivity (Wildman–Crippen MR) is 95.6 cm³/mol. The molecule has 0 aliphatic carbocycles. The van der Waals surface area contributed by atoms with Crippen LogP contribution >= 0.6 is 0 Å². The van der Waals surface area contributed by atoms with Crippen LogP contribution in [0.4, 0.5) is 10.1 Å². The van der Waals surface area contributed by atoms with Crippen molar-refractivity contribution < 1.29 is 17.5 Å². The molecule has 0 amide bonds. The second-order valence-electron chi connectivity index (χ2n) is 5.34. The molecule has 3 aromatic carbocycles. The molecule has 0 atom stereocenters. The van der Waals surface area contributed by atoms with Gasteiger partial charge in [-0.3, -0.25) is 4.72 Å². The normalized spacial score (nSPS) is 11.1. The summed E-state index contributed by atoms with van der Waals surface area (Å²) in [6.07, 6.45) is 0. The van der Waals surface area contributed by atoms with Crippen LogP contribution in [-0.2, 0) is 10.0 Å². The number of sulfonamides is 1. The number of rotatable bonds is 5. The first-order valence-electron chi connectivity index (χ1n) is 7.51. The van der Waals surface area contributed by atoms with Gasteiger partial charge in [-0.1, -0.05) is 30.3 Å². The largest absolute Gasteiger partial charge is 0.497 e. The van der Waals surface area contributed by atoms with Crippen LogP contribution in [0.5, 0.6) is 5.75 Å². The number of methoxy groups -OCH3 is 1. The molecule has 1 N–H and O–H groups in total. The molecule has 6 heteroatoms. The highest BCUT2D eigenvalue weighted by molar-refractivity contribution is 7.92. The molecule has 0 bridgehead atoms. The van der Waals surface area contributed by atoms with Crippen molar-refractivity contribution in [2.45, 2.75) is 4.90 Å². The number of halogens is 1. The second kappa shape index (κ2) is 6.94. The predicted octanol–water partition coefficient (Wildman–Crippen LogP) is 4.30. The van der Waals surface area contributed by atoms with Crippen LogP contribution in [0.3, 0.4) is 0 Å². The second-order valence-corrected chi connectivity index (χ2v) is 7.02. The fourth-order valence-electron chi connectivity index (χ4n) is 2.41. The number of benzene rings is 3. The van der Waals surface area contributed by atoms with E-state index in [0.29, 0.717) is 17.0 Å². The molecule has 0 heterocycles. The van der Waals surface area contributed by atoms with Crippen molar-refractivity contribution in [2.75, 3.05) is 11.8 Å². The van der Waals surface area contributed by atoms with Crippen LogP contribution in [0.2, 0.25) is 0 Å². The SMILES string of the molecule is COc1ccc(NS(=O)(=O)c2ccc(F)cc2)c(-c2ccccc2)c1. The Balaban J connectivity index is 2.04. The average Bonchev–Trinajstić information content (AvgIpc) is 2.63. The highest BCUT2D eigenvalue weighted by atomic mass is 32.2. The first-order valence-corrected chi connectivity index (χ1v) is 9.00. The minimum atomic E-state index is -3.84. The fraction of sp³-hybridized carbons (Fsp3) is 0.0526. The molecule has 4 nitrogen and oxygen atoms in total. The van der Waals surface area contributed by atoms with E-state index in [4.69, 9.17) is 4.74 Å². The standard InChI is InChI=1S/C19H16FNO3S/c1-24-16-9-12-19(18(13-16)14-5-3-2-4-6-14)21-25(22,23)17-10-7-15(20)8-11-17/h2-13,21H,1H3. The van der Waals surface area contributed by atoms with Gasteiger partial charge in [0.1, 0.15) is 11.6 Å². The lowest BCUT2D eigenvalue weighted by Crippen LogP contribution is -2.13. The number of ether oxygens (including phenoxy) is 1. The fourth-order valence-corrected chi connectivity index (χ4v) is 3.49. The van der Waals surface area contributed by atoms with E-state index in [1.165, 1.54) is 12.1 Å². The van der Waals surface area contributed by atoms with Crippen LogP contribution in [-0.4, -0.2) is 15.5 Å². The third-order valence-electron chi connectivity index (χ3n) is 3.68. The van der Waals surface area contributed by atoms with Crippen LogP contribution in [0, 0.1) is 5.82 Å². The summed E-state index contributed by atoms with van der Waals surface area (Å²) in [6.45, 7) is 0. The summed E-state index contributed by atoms with van der Waals surface area (Å²) in [6, 6.07) is 19.1. The molecule has 0 spiro atoms. The van der Waals surface area contributed by atoms with Crippen LogP contribution in [0.15, 0.2) is 77.7 Å². The van der Waals surface area contributed by atoms with Crippen LogP contribution in [0.25, 0.3) is 11.1 Å². The van der Waals surface area contributed by atoms with Crippen LogP contribution < -0.4 is 9.46 Å². The van der Waals surface area contributed by atoms with Crippen molar-refractivity contribution >= 4 is 15.7 Å². The molecule has 25 heavy (non-hydrogen) atoms. The molecule has 0 aromatic heterocycles. The van der Waals surface area contributed by atoms with E-state index in [-0.39, 0.29) is 4.90 Å². The summed E-state index contributed by atoms with van der Waals surface area (Å²) in [5.74, 6) is 0.122. The smallest absolute Gasteiger partial charge is 0.261 e. The Morgan fingerprint density at radius 2 is 1.60 bits per heavy atom. The number of hydrogen-bond donors (Lipinski definition) is 1. The third kappa shape index (κ3) is 3.80. The number of nitrogens with one attached hydrogen (secondary N) is 1. The van der Waals surface area contributed by atoms with E-state index in [0.717, 1.165) is 17.7 Å². The van der Waals surface area contributed by atoms with E-state index in [2.05, 4.69) is 4.72 Å². The molecule has 0 radical (unpaired) electrons. The lowest BCUT2D eigenvalue weighted by molar-refractivity contribution is 0.415. The summed E-state index contributed by atoms with van der Waals surface area (Å²) >= 11 is 0. The number of hydrogen-bond acceptors (Lipinski definition) is 3. The van der Waals surface area contributed by atoms with E-state index >= 15 is 0 Å². The third-order valence-corrected chi connectivity index (χ3v) is 5.06. The molecule has 0 saturated carbocycles. The summed E-state index contributed by atoms with van der Waals surface area (Å²) in [5, 5.41) is 0.